The second-order valence-corrected chi connectivity index (χ2v) is 8.69. The molecule has 0 bridgehead atoms. The van der Waals surface area contributed by atoms with Crippen LogP contribution in [0.1, 0.15) is 57.4 Å². The molecule has 3 N–H and O–H groups in total. The van der Waals surface area contributed by atoms with Crippen LogP contribution in [-0.4, -0.2) is 30.4 Å². The molecule has 0 saturated carbocycles. The highest BCUT2D eigenvalue weighted by Crippen LogP contribution is 2.21. The minimum Gasteiger partial charge on any atom is -0.507 e. The number of hydrazone groups is 1. The highest BCUT2D eigenvalue weighted by Gasteiger charge is 2.17. The summed E-state index contributed by atoms with van der Waals surface area (Å²) in [4.78, 5) is 31.3. The van der Waals surface area contributed by atoms with Gasteiger partial charge in [0.2, 0.25) is 5.95 Å². The average molecular weight is 505 g/mol. The molecule has 0 aliphatic rings. The Bertz CT molecular complexity index is 1210. The fraction of sp³-hybridized carbons (Fsp3) is 0.455. The van der Waals surface area contributed by atoms with E-state index in [1.165, 1.54) is 36.5 Å². The summed E-state index contributed by atoms with van der Waals surface area (Å²) in [5.41, 5.74) is 3.03. The first kappa shape index (κ1) is 23.8. The summed E-state index contributed by atoms with van der Waals surface area (Å²) >= 11 is 3.37. The van der Waals surface area contributed by atoms with Gasteiger partial charge in [-0.05, 0) is 24.6 Å². The standard InChI is InChI=1S/C22H29BrN6O3/c1-3-4-5-6-7-8-9-12-29-18-19(28(2)22(32)26-20(18)31)25-21(29)27-24-14-15-13-16(23)10-11-17(15)30/h10-11,13-14,30H,3-9,12H2,1-2H3,(H,25,27)(H,26,31,32)/b24-14-. The number of halogens is 1. The van der Waals surface area contributed by atoms with Crippen molar-refractivity contribution < 1.29 is 5.11 Å². The number of unbranched alkanes of at least 4 members (excludes halogenated alkanes) is 6. The van der Waals surface area contributed by atoms with Crippen LogP contribution in [0.15, 0.2) is 37.4 Å². The first-order valence-electron chi connectivity index (χ1n) is 10.9. The quantitative estimate of drug-likeness (QED) is 0.206. The first-order valence-corrected chi connectivity index (χ1v) is 11.7. The minimum atomic E-state index is -0.516. The summed E-state index contributed by atoms with van der Waals surface area (Å²) in [5.74, 6) is 0.456. The second-order valence-electron chi connectivity index (χ2n) is 7.77. The van der Waals surface area contributed by atoms with E-state index in [0.29, 0.717) is 29.2 Å². The Hall–Kier alpha value is -2.88. The largest absolute Gasteiger partial charge is 0.507 e. The van der Waals surface area contributed by atoms with Gasteiger partial charge in [-0.3, -0.25) is 14.3 Å². The highest BCUT2D eigenvalue weighted by atomic mass is 79.9. The number of aromatic nitrogens is 4. The smallest absolute Gasteiger partial charge is 0.329 e. The van der Waals surface area contributed by atoms with Crippen molar-refractivity contribution in [2.45, 2.75) is 58.4 Å². The number of hydrogen-bond acceptors (Lipinski definition) is 6. The van der Waals surface area contributed by atoms with E-state index in [9.17, 15) is 14.7 Å². The SMILES string of the molecule is CCCCCCCCCn1c(N/N=C\c2cc(Br)ccc2O)nc2c1c(=O)[nH]c(=O)n2C. The summed E-state index contributed by atoms with van der Waals surface area (Å²) in [6.45, 7) is 2.77. The van der Waals surface area contributed by atoms with Gasteiger partial charge in [-0.2, -0.15) is 10.1 Å². The third kappa shape index (κ3) is 5.67. The number of imidazole rings is 1. The lowest BCUT2D eigenvalue weighted by Gasteiger charge is -2.08. The molecule has 0 atom stereocenters. The van der Waals surface area contributed by atoms with E-state index in [1.54, 1.807) is 29.8 Å². The van der Waals surface area contributed by atoms with E-state index in [1.807, 2.05) is 0 Å². The van der Waals surface area contributed by atoms with Crippen LogP contribution in [0.2, 0.25) is 0 Å². The van der Waals surface area contributed by atoms with E-state index in [2.05, 4.69) is 43.3 Å². The predicted octanol–water partition coefficient (Wildman–Crippen LogP) is 4.09. The zero-order valence-electron chi connectivity index (χ0n) is 18.4. The van der Waals surface area contributed by atoms with Crippen LogP contribution in [0, 0.1) is 0 Å². The molecule has 32 heavy (non-hydrogen) atoms. The zero-order chi connectivity index (χ0) is 23.1. The van der Waals surface area contributed by atoms with Crippen LogP contribution in [-0.2, 0) is 13.6 Å². The molecule has 10 heteroatoms. The van der Waals surface area contributed by atoms with Crippen molar-refractivity contribution in [2.75, 3.05) is 5.43 Å². The monoisotopic (exact) mass is 504 g/mol. The number of phenols is 1. The Morgan fingerprint density at radius 3 is 2.66 bits per heavy atom. The summed E-state index contributed by atoms with van der Waals surface area (Å²) in [5, 5.41) is 14.2. The van der Waals surface area contributed by atoms with Crippen LogP contribution in [0.5, 0.6) is 5.75 Å². The van der Waals surface area contributed by atoms with E-state index in [0.717, 1.165) is 23.7 Å². The second kappa shape index (κ2) is 11.1. The predicted molar refractivity (Wildman–Crippen MR) is 131 cm³/mol. The van der Waals surface area contributed by atoms with Crippen molar-refractivity contribution in [2.24, 2.45) is 12.1 Å². The molecule has 0 unspecified atom stereocenters. The van der Waals surface area contributed by atoms with Crippen molar-refractivity contribution in [3.05, 3.63) is 49.1 Å². The molecular formula is C22H29BrN6O3. The summed E-state index contributed by atoms with van der Waals surface area (Å²) in [7, 11) is 1.57. The normalized spacial score (nSPS) is 11.6. The molecule has 0 saturated heterocycles. The highest BCUT2D eigenvalue weighted by molar-refractivity contribution is 9.10. The fourth-order valence-electron chi connectivity index (χ4n) is 3.55. The number of aromatic hydroxyl groups is 1. The molecule has 0 aliphatic heterocycles. The molecule has 0 spiro atoms. The third-order valence-corrected chi connectivity index (χ3v) is 5.84. The van der Waals surface area contributed by atoms with Gasteiger partial charge in [0, 0.05) is 23.6 Å². The Labute approximate surface area is 194 Å². The van der Waals surface area contributed by atoms with Crippen LogP contribution >= 0.6 is 15.9 Å². The van der Waals surface area contributed by atoms with Gasteiger partial charge in [0.05, 0.1) is 6.21 Å². The Morgan fingerprint density at radius 2 is 1.91 bits per heavy atom. The zero-order valence-corrected chi connectivity index (χ0v) is 20.0. The maximum Gasteiger partial charge on any atom is 0.329 e. The number of rotatable bonds is 11. The maximum absolute atomic E-state index is 12.5. The van der Waals surface area contributed by atoms with Gasteiger partial charge in [-0.1, -0.05) is 61.4 Å². The lowest BCUT2D eigenvalue weighted by Crippen LogP contribution is -2.29. The Balaban J connectivity index is 1.83. The van der Waals surface area contributed by atoms with Gasteiger partial charge >= 0.3 is 5.69 Å². The summed E-state index contributed by atoms with van der Waals surface area (Å²) in [6.07, 6.45) is 9.47. The molecule has 2 heterocycles. The lowest BCUT2D eigenvalue weighted by atomic mass is 10.1. The number of aryl methyl sites for hydroxylation is 2. The van der Waals surface area contributed by atoms with Gasteiger partial charge in [0.1, 0.15) is 5.75 Å². The average Bonchev–Trinajstić information content (AvgIpc) is 3.13. The Morgan fingerprint density at radius 1 is 1.19 bits per heavy atom. The number of phenolic OH excluding ortho intramolecular Hbond substituents is 1. The van der Waals surface area contributed by atoms with Gasteiger partial charge < -0.3 is 9.67 Å². The topological polar surface area (TPSA) is 117 Å². The van der Waals surface area contributed by atoms with E-state index >= 15 is 0 Å². The van der Waals surface area contributed by atoms with Crippen molar-refractivity contribution >= 4 is 39.3 Å². The number of nitrogens with one attached hydrogen (secondary N) is 2. The third-order valence-electron chi connectivity index (χ3n) is 5.35. The number of aromatic amines is 1. The van der Waals surface area contributed by atoms with Crippen LogP contribution in [0.25, 0.3) is 11.2 Å². The van der Waals surface area contributed by atoms with Gasteiger partial charge in [0.15, 0.2) is 11.2 Å². The van der Waals surface area contributed by atoms with Crippen molar-refractivity contribution in [3.8, 4) is 5.75 Å². The molecule has 0 fully saturated rings. The van der Waals surface area contributed by atoms with Crippen molar-refractivity contribution in [1.29, 1.82) is 0 Å². The van der Waals surface area contributed by atoms with E-state index < -0.39 is 11.2 Å². The maximum atomic E-state index is 12.5. The molecule has 0 aliphatic carbocycles. The molecule has 0 amide bonds. The van der Waals surface area contributed by atoms with Crippen molar-refractivity contribution in [3.63, 3.8) is 0 Å². The fourth-order valence-corrected chi connectivity index (χ4v) is 3.93. The summed E-state index contributed by atoms with van der Waals surface area (Å²) < 4.78 is 3.88. The van der Waals surface area contributed by atoms with Gasteiger partial charge in [0.25, 0.3) is 5.56 Å². The number of hydrogen-bond donors (Lipinski definition) is 3. The molecule has 3 aromatic rings. The van der Waals surface area contributed by atoms with E-state index in [-0.39, 0.29) is 5.75 Å². The van der Waals surface area contributed by atoms with E-state index in [4.69, 9.17) is 0 Å². The van der Waals surface area contributed by atoms with Crippen LogP contribution in [0.4, 0.5) is 5.95 Å². The van der Waals surface area contributed by atoms with Crippen LogP contribution in [0.3, 0.4) is 0 Å². The molecule has 0 radical (unpaired) electrons. The number of benzene rings is 1. The van der Waals surface area contributed by atoms with Crippen LogP contribution < -0.4 is 16.7 Å². The lowest BCUT2D eigenvalue weighted by molar-refractivity contribution is 0.474. The minimum absolute atomic E-state index is 0.0918. The van der Waals surface area contributed by atoms with Gasteiger partial charge in [-0.25, -0.2) is 10.2 Å². The summed E-state index contributed by atoms with van der Waals surface area (Å²) in [6, 6.07) is 5.03. The molecule has 9 nitrogen and oxygen atoms in total. The number of anilines is 1. The first-order chi connectivity index (χ1) is 15.4. The number of fused-ring (bicyclic) bond motifs is 1. The molecule has 1 aromatic carbocycles. The van der Waals surface area contributed by atoms with Crippen molar-refractivity contribution in [1.82, 2.24) is 19.1 Å². The Kier molecular flexibility index (Phi) is 8.26. The van der Waals surface area contributed by atoms with Gasteiger partial charge in [-0.15, -0.1) is 0 Å². The molecule has 172 valence electrons. The molecular weight excluding hydrogens is 476 g/mol. The number of H-pyrrole nitrogens is 1. The number of nitrogens with zero attached hydrogens (tertiary/aromatic N) is 4. The molecule has 3 rings (SSSR count). The molecule has 2 aromatic heterocycles.